The summed E-state index contributed by atoms with van der Waals surface area (Å²) in [4.78, 5) is 22.4. The highest BCUT2D eigenvalue weighted by Gasteiger charge is 2.27. The van der Waals surface area contributed by atoms with Gasteiger partial charge >= 0.3 is 0 Å². The molecule has 0 atom stereocenters. The van der Waals surface area contributed by atoms with Gasteiger partial charge < -0.3 is 10.4 Å². The van der Waals surface area contributed by atoms with Crippen LogP contribution < -0.4 is 5.32 Å². The number of hydrogen-bond donors (Lipinski definition) is 2. The number of nitrogens with one attached hydrogen (secondary N) is 1. The summed E-state index contributed by atoms with van der Waals surface area (Å²) in [6.07, 6.45) is 0.849. The van der Waals surface area contributed by atoms with E-state index >= 15 is 0 Å². The highest BCUT2D eigenvalue weighted by molar-refractivity contribution is 5.98. The maximum Gasteiger partial charge on any atom is 0.285 e. The Morgan fingerprint density at radius 3 is 2.48 bits per heavy atom. The largest absolute Gasteiger partial charge is 0.388 e. The lowest BCUT2D eigenvalue weighted by Gasteiger charge is -2.25. The van der Waals surface area contributed by atoms with Crippen molar-refractivity contribution in [2.75, 3.05) is 6.54 Å². The number of aliphatic hydroxyl groups is 1. The number of halogens is 1. The normalized spacial score (nSPS) is 11.3. The number of carbonyl (C=O) groups excluding carboxylic acids is 1. The zero-order valence-electron chi connectivity index (χ0n) is 12.3. The molecule has 0 heterocycles. The lowest BCUT2D eigenvalue weighted by molar-refractivity contribution is -0.385. The Bertz CT molecular complexity index is 556. The van der Waals surface area contributed by atoms with Gasteiger partial charge in [-0.3, -0.25) is 14.9 Å². The SMILES string of the molecule is CCC(O)(CC)CNC(=O)c1cc(F)cc(C)c1[N+](=O)[O-]. The minimum Gasteiger partial charge on any atom is -0.388 e. The minimum absolute atomic E-state index is 0.0501. The first-order valence-corrected chi connectivity index (χ1v) is 6.69. The molecule has 1 rings (SSSR count). The van der Waals surface area contributed by atoms with Crippen molar-refractivity contribution >= 4 is 11.6 Å². The average molecular weight is 298 g/mol. The van der Waals surface area contributed by atoms with E-state index in [2.05, 4.69) is 5.32 Å². The highest BCUT2D eigenvalue weighted by atomic mass is 19.1. The van der Waals surface area contributed by atoms with E-state index in [1.54, 1.807) is 13.8 Å². The van der Waals surface area contributed by atoms with Crippen molar-refractivity contribution in [2.45, 2.75) is 39.2 Å². The lowest BCUT2D eigenvalue weighted by atomic mass is 9.97. The van der Waals surface area contributed by atoms with E-state index in [0.29, 0.717) is 12.8 Å². The van der Waals surface area contributed by atoms with Crippen LogP contribution in [0.4, 0.5) is 10.1 Å². The molecule has 0 saturated heterocycles. The van der Waals surface area contributed by atoms with Crippen LogP contribution in [0.5, 0.6) is 0 Å². The molecule has 21 heavy (non-hydrogen) atoms. The molecule has 0 saturated carbocycles. The van der Waals surface area contributed by atoms with E-state index in [9.17, 15) is 24.4 Å². The molecule has 0 aliphatic carbocycles. The van der Waals surface area contributed by atoms with Crippen molar-refractivity contribution in [1.82, 2.24) is 5.32 Å². The molecule has 0 aromatic heterocycles. The van der Waals surface area contributed by atoms with Gasteiger partial charge in [-0.2, -0.15) is 0 Å². The number of nitrogens with zero attached hydrogens (tertiary/aromatic N) is 1. The molecule has 0 bridgehead atoms. The number of aryl methyl sites for hydroxylation is 1. The van der Waals surface area contributed by atoms with Crippen LogP contribution in [-0.4, -0.2) is 28.1 Å². The zero-order valence-corrected chi connectivity index (χ0v) is 12.3. The summed E-state index contributed by atoms with van der Waals surface area (Å²) in [6.45, 7) is 4.85. The minimum atomic E-state index is -1.08. The Kier molecular flexibility index (Phi) is 5.37. The predicted molar refractivity (Wildman–Crippen MR) is 75.7 cm³/mol. The molecule has 1 aromatic carbocycles. The van der Waals surface area contributed by atoms with E-state index in [0.717, 1.165) is 12.1 Å². The fraction of sp³-hybridized carbons (Fsp3) is 0.500. The standard InChI is InChI=1S/C14H19FN2O4/c1-4-14(19,5-2)8-16-13(18)11-7-10(15)6-9(3)12(11)17(20)21/h6-7,19H,4-5,8H2,1-3H3,(H,16,18). The Balaban J connectivity index is 3.05. The number of carbonyl (C=O) groups is 1. The summed E-state index contributed by atoms with van der Waals surface area (Å²) in [7, 11) is 0. The van der Waals surface area contributed by atoms with Crippen molar-refractivity contribution in [2.24, 2.45) is 0 Å². The topological polar surface area (TPSA) is 92.5 Å². The number of benzene rings is 1. The molecule has 0 unspecified atom stereocenters. The van der Waals surface area contributed by atoms with Gasteiger partial charge in [0.25, 0.3) is 11.6 Å². The summed E-state index contributed by atoms with van der Waals surface area (Å²) >= 11 is 0. The van der Waals surface area contributed by atoms with Crippen molar-refractivity contribution in [1.29, 1.82) is 0 Å². The summed E-state index contributed by atoms with van der Waals surface area (Å²) < 4.78 is 13.4. The Hall–Kier alpha value is -2.02. The molecule has 0 spiro atoms. The molecule has 0 fully saturated rings. The third kappa shape index (κ3) is 3.98. The second-order valence-electron chi connectivity index (χ2n) is 4.99. The van der Waals surface area contributed by atoms with Crippen LogP contribution in [0.15, 0.2) is 12.1 Å². The number of amides is 1. The van der Waals surface area contributed by atoms with Gasteiger partial charge in [0.15, 0.2) is 0 Å². The van der Waals surface area contributed by atoms with Gasteiger partial charge in [-0.05, 0) is 31.9 Å². The van der Waals surface area contributed by atoms with Crippen LogP contribution in [0.2, 0.25) is 0 Å². The Morgan fingerprint density at radius 1 is 1.43 bits per heavy atom. The van der Waals surface area contributed by atoms with Gasteiger partial charge in [0.2, 0.25) is 0 Å². The summed E-state index contributed by atoms with van der Waals surface area (Å²) in [5.41, 5.74) is -1.77. The summed E-state index contributed by atoms with van der Waals surface area (Å²) in [5.74, 6) is -1.49. The third-order valence-corrected chi connectivity index (χ3v) is 3.59. The van der Waals surface area contributed by atoms with Crippen LogP contribution in [0.25, 0.3) is 0 Å². The summed E-state index contributed by atoms with van der Waals surface area (Å²) in [6, 6.07) is 1.83. The third-order valence-electron chi connectivity index (χ3n) is 3.59. The molecule has 1 amide bonds. The van der Waals surface area contributed by atoms with E-state index in [1.807, 2.05) is 0 Å². The quantitative estimate of drug-likeness (QED) is 0.622. The van der Waals surface area contributed by atoms with Crippen LogP contribution in [0.1, 0.15) is 42.6 Å². The van der Waals surface area contributed by atoms with Crippen LogP contribution >= 0.6 is 0 Å². The second-order valence-corrected chi connectivity index (χ2v) is 4.99. The molecule has 7 heteroatoms. The van der Waals surface area contributed by atoms with Gasteiger partial charge in [-0.15, -0.1) is 0 Å². The van der Waals surface area contributed by atoms with E-state index < -0.39 is 27.9 Å². The first kappa shape index (κ1) is 17.0. The molecule has 1 aromatic rings. The van der Waals surface area contributed by atoms with Gasteiger partial charge in [-0.1, -0.05) is 13.8 Å². The van der Waals surface area contributed by atoms with Crippen molar-refractivity contribution in [3.8, 4) is 0 Å². The number of nitro benzene ring substituents is 1. The van der Waals surface area contributed by atoms with Crippen molar-refractivity contribution in [3.05, 3.63) is 39.2 Å². The van der Waals surface area contributed by atoms with Crippen LogP contribution in [-0.2, 0) is 0 Å². The molecule has 6 nitrogen and oxygen atoms in total. The number of nitro groups is 1. The predicted octanol–water partition coefficient (Wildman–Crippen LogP) is 2.32. The van der Waals surface area contributed by atoms with Crippen LogP contribution in [0.3, 0.4) is 0 Å². The maximum atomic E-state index is 13.4. The Labute approximate surface area is 122 Å². The highest BCUT2D eigenvalue weighted by Crippen LogP contribution is 2.25. The van der Waals surface area contributed by atoms with E-state index in [-0.39, 0.29) is 17.7 Å². The fourth-order valence-electron chi connectivity index (χ4n) is 1.99. The number of rotatable bonds is 6. The van der Waals surface area contributed by atoms with Crippen molar-refractivity contribution < 1.29 is 19.2 Å². The molecule has 0 aliphatic rings. The molecule has 116 valence electrons. The smallest absolute Gasteiger partial charge is 0.285 e. The molecule has 0 aliphatic heterocycles. The fourth-order valence-corrected chi connectivity index (χ4v) is 1.99. The molecular formula is C14H19FN2O4. The number of hydrogen-bond acceptors (Lipinski definition) is 4. The first-order chi connectivity index (χ1) is 9.74. The first-order valence-electron chi connectivity index (χ1n) is 6.69. The van der Waals surface area contributed by atoms with Crippen LogP contribution in [0, 0.1) is 22.9 Å². The Morgan fingerprint density at radius 2 is 2.00 bits per heavy atom. The van der Waals surface area contributed by atoms with E-state index in [4.69, 9.17) is 0 Å². The zero-order chi connectivity index (χ0) is 16.2. The molecular weight excluding hydrogens is 279 g/mol. The molecule has 2 N–H and O–H groups in total. The van der Waals surface area contributed by atoms with Gasteiger partial charge in [0, 0.05) is 12.1 Å². The van der Waals surface area contributed by atoms with E-state index in [1.165, 1.54) is 6.92 Å². The monoisotopic (exact) mass is 298 g/mol. The average Bonchev–Trinajstić information content (AvgIpc) is 2.43. The lowest BCUT2D eigenvalue weighted by Crippen LogP contribution is -2.42. The van der Waals surface area contributed by atoms with Gasteiger partial charge in [0.05, 0.1) is 10.5 Å². The maximum absolute atomic E-state index is 13.4. The van der Waals surface area contributed by atoms with Gasteiger partial charge in [0.1, 0.15) is 11.4 Å². The van der Waals surface area contributed by atoms with Gasteiger partial charge in [-0.25, -0.2) is 4.39 Å². The summed E-state index contributed by atoms with van der Waals surface area (Å²) in [5, 5.41) is 23.5. The second kappa shape index (κ2) is 6.62. The molecule has 0 radical (unpaired) electrons. The van der Waals surface area contributed by atoms with Crippen molar-refractivity contribution in [3.63, 3.8) is 0 Å².